The minimum absolute atomic E-state index is 0.192. The summed E-state index contributed by atoms with van der Waals surface area (Å²) >= 11 is 0. The van der Waals surface area contributed by atoms with Gasteiger partial charge >= 0.3 is 5.97 Å². The molecule has 1 heterocycles. The van der Waals surface area contributed by atoms with Gasteiger partial charge in [-0.1, -0.05) is 13.8 Å². The number of rotatable bonds is 5. The van der Waals surface area contributed by atoms with Crippen molar-refractivity contribution in [2.75, 3.05) is 7.11 Å². The Morgan fingerprint density at radius 2 is 2.06 bits per heavy atom. The molecule has 4 heteroatoms. The summed E-state index contributed by atoms with van der Waals surface area (Å²) in [5.41, 5.74) is 1.26. The molecule has 0 saturated carbocycles. The van der Waals surface area contributed by atoms with Gasteiger partial charge in [-0.2, -0.15) is 0 Å². The van der Waals surface area contributed by atoms with Crippen LogP contribution in [-0.4, -0.2) is 24.2 Å². The summed E-state index contributed by atoms with van der Waals surface area (Å²) in [7, 11) is 1.35. The van der Waals surface area contributed by atoms with Gasteiger partial charge in [-0.3, -0.25) is 4.98 Å². The summed E-state index contributed by atoms with van der Waals surface area (Å²) in [5, 5.41) is 0. The summed E-state index contributed by atoms with van der Waals surface area (Å²) < 4.78 is 10.2. The molecule has 94 valence electrons. The topological polar surface area (TPSA) is 48.4 Å². The molecule has 0 radical (unpaired) electrons. The van der Waals surface area contributed by atoms with Crippen molar-refractivity contribution in [1.82, 2.24) is 4.98 Å². The minimum atomic E-state index is -0.375. The molecule has 0 bridgehead atoms. The molecule has 1 atom stereocenters. The van der Waals surface area contributed by atoms with Crippen molar-refractivity contribution in [2.45, 2.75) is 33.5 Å². The summed E-state index contributed by atoms with van der Waals surface area (Å²) in [6, 6.07) is 3.47. The molecule has 0 saturated heterocycles. The van der Waals surface area contributed by atoms with Gasteiger partial charge < -0.3 is 9.47 Å². The molecule has 0 N–H and O–H groups in total. The Hall–Kier alpha value is -1.42. The normalized spacial score (nSPS) is 12.5. The van der Waals surface area contributed by atoms with Crippen LogP contribution >= 0.6 is 0 Å². The summed E-state index contributed by atoms with van der Waals surface area (Å²) in [4.78, 5) is 15.3. The number of nitrogens with zero attached hydrogens (tertiary/aromatic N) is 1. The van der Waals surface area contributed by atoms with E-state index in [0.29, 0.717) is 18.1 Å². The van der Waals surface area contributed by atoms with Crippen molar-refractivity contribution < 1.29 is 14.3 Å². The van der Waals surface area contributed by atoms with Crippen molar-refractivity contribution in [3.8, 4) is 0 Å². The number of ether oxygens (including phenoxy) is 2. The fourth-order valence-corrected chi connectivity index (χ4v) is 1.16. The second-order valence-corrected chi connectivity index (χ2v) is 4.29. The Morgan fingerprint density at radius 1 is 1.35 bits per heavy atom. The Balaban J connectivity index is 2.54. The average Bonchev–Trinajstić information content (AvgIpc) is 2.35. The van der Waals surface area contributed by atoms with E-state index in [4.69, 9.17) is 4.74 Å². The Bertz CT molecular complexity index is 359. The van der Waals surface area contributed by atoms with E-state index in [1.165, 1.54) is 13.3 Å². The van der Waals surface area contributed by atoms with Crippen molar-refractivity contribution >= 4 is 5.97 Å². The lowest BCUT2D eigenvalue weighted by atomic mass is 10.1. The van der Waals surface area contributed by atoms with Gasteiger partial charge in [0, 0.05) is 6.20 Å². The standard InChI is InChI=1S/C13H19NO3/c1-9(2)10(3)17-8-12-6-5-11(7-14-12)13(15)16-4/h5-7,9-10H,8H2,1-4H3. The number of carbonyl (C=O) groups excluding carboxylic acids is 1. The maximum Gasteiger partial charge on any atom is 0.339 e. The highest BCUT2D eigenvalue weighted by Gasteiger charge is 2.09. The molecule has 0 aliphatic heterocycles. The van der Waals surface area contributed by atoms with Crippen LogP contribution in [0, 0.1) is 5.92 Å². The zero-order chi connectivity index (χ0) is 12.8. The van der Waals surface area contributed by atoms with Gasteiger partial charge in [-0.05, 0) is 25.0 Å². The Morgan fingerprint density at radius 3 is 2.53 bits per heavy atom. The van der Waals surface area contributed by atoms with Crippen molar-refractivity contribution in [1.29, 1.82) is 0 Å². The summed E-state index contributed by atoms with van der Waals surface area (Å²) in [6.07, 6.45) is 1.70. The average molecular weight is 237 g/mol. The fourth-order valence-electron chi connectivity index (χ4n) is 1.16. The molecule has 0 aliphatic carbocycles. The van der Waals surface area contributed by atoms with Gasteiger partial charge in [0.25, 0.3) is 0 Å². The zero-order valence-electron chi connectivity index (χ0n) is 10.8. The predicted octanol–water partition coefficient (Wildman–Crippen LogP) is 2.43. The first-order valence-electron chi connectivity index (χ1n) is 5.69. The van der Waals surface area contributed by atoms with E-state index >= 15 is 0 Å². The molecule has 0 fully saturated rings. The van der Waals surface area contributed by atoms with Crippen LogP contribution in [0.15, 0.2) is 18.3 Å². The monoisotopic (exact) mass is 237 g/mol. The third kappa shape index (κ3) is 4.15. The second kappa shape index (κ2) is 6.35. The van der Waals surface area contributed by atoms with Crippen LogP contribution in [-0.2, 0) is 16.1 Å². The molecule has 1 unspecified atom stereocenters. The fraction of sp³-hybridized carbons (Fsp3) is 0.538. The highest BCUT2D eigenvalue weighted by Crippen LogP contribution is 2.09. The third-order valence-corrected chi connectivity index (χ3v) is 2.68. The van der Waals surface area contributed by atoms with E-state index in [1.807, 2.05) is 6.92 Å². The van der Waals surface area contributed by atoms with Gasteiger partial charge in [-0.25, -0.2) is 4.79 Å². The molecule has 1 aromatic rings. The van der Waals surface area contributed by atoms with Crippen molar-refractivity contribution in [3.05, 3.63) is 29.6 Å². The van der Waals surface area contributed by atoms with E-state index < -0.39 is 0 Å². The maximum atomic E-state index is 11.2. The van der Waals surface area contributed by atoms with Crippen LogP contribution < -0.4 is 0 Å². The second-order valence-electron chi connectivity index (χ2n) is 4.29. The van der Waals surface area contributed by atoms with Crippen LogP contribution in [0.5, 0.6) is 0 Å². The van der Waals surface area contributed by atoms with Crippen LogP contribution in [0.4, 0.5) is 0 Å². The largest absolute Gasteiger partial charge is 0.465 e. The first-order valence-corrected chi connectivity index (χ1v) is 5.69. The van der Waals surface area contributed by atoms with E-state index in [0.717, 1.165) is 5.69 Å². The number of aromatic nitrogens is 1. The molecule has 1 rings (SSSR count). The molecule has 0 aliphatic rings. The van der Waals surface area contributed by atoms with E-state index in [2.05, 4.69) is 23.6 Å². The van der Waals surface area contributed by atoms with E-state index in [-0.39, 0.29) is 12.1 Å². The van der Waals surface area contributed by atoms with Crippen molar-refractivity contribution in [2.24, 2.45) is 5.92 Å². The molecule has 0 amide bonds. The summed E-state index contributed by atoms with van der Waals surface area (Å²) in [5.74, 6) is 0.102. The maximum absolute atomic E-state index is 11.2. The quantitative estimate of drug-likeness (QED) is 0.738. The molecule has 0 spiro atoms. The first kappa shape index (κ1) is 13.6. The Labute approximate surface area is 102 Å². The van der Waals surface area contributed by atoms with E-state index in [1.54, 1.807) is 12.1 Å². The van der Waals surface area contributed by atoms with Gasteiger partial charge in [0.05, 0.1) is 31.1 Å². The zero-order valence-corrected chi connectivity index (χ0v) is 10.8. The third-order valence-electron chi connectivity index (χ3n) is 2.68. The number of esters is 1. The highest BCUT2D eigenvalue weighted by molar-refractivity contribution is 5.88. The number of pyridine rings is 1. The number of methoxy groups -OCH3 is 1. The number of hydrogen-bond acceptors (Lipinski definition) is 4. The number of hydrogen-bond donors (Lipinski definition) is 0. The summed E-state index contributed by atoms with van der Waals surface area (Å²) in [6.45, 7) is 6.71. The lowest BCUT2D eigenvalue weighted by Crippen LogP contribution is -2.15. The van der Waals surface area contributed by atoms with Gasteiger partial charge in [0.1, 0.15) is 0 Å². The highest BCUT2D eigenvalue weighted by atomic mass is 16.5. The lowest BCUT2D eigenvalue weighted by molar-refractivity contribution is 0.0218. The molecule has 0 aromatic carbocycles. The van der Waals surface area contributed by atoms with Gasteiger partial charge in [0.15, 0.2) is 0 Å². The molecule has 1 aromatic heterocycles. The Kier molecular flexibility index (Phi) is 5.10. The minimum Gasteiger partial charge on any atom is -0.465 e. The van der Waals surface area contributed by atoms with Gasteiger partial charge in [0.2, 0.25) is 0 Å². The smallest absolute Gasteiger partial charge is 0.339 e. The molecule has 17 heavy (non-hydrogen) atoms. The molecular weight excluding hydrogens is 218 g/mol. The van der Waals surface area contributed by atoms with Crippen LogP contribution in [0.25, 0.3) is 0 Å². The van der Waals surface area contributed by atoms with Crippen LogP contribution in [0.1, 0.15) is 36.8 Å². The predicted molar refractivity (Wildman–Crippen MR) is 64.7 cm³/mol. The van der Waals surface area contributed by atoms with Crippen LogP contribution in [0.2, 0.25) is 0 Å². The number of carbonyl (C=O) groups is 1. The first-order chi connectivity index (χ1) is 8.04. The molecule has 4 nitrogen and oxygen atoms in total. The van der Waals surface area contributed by atoms with Crippen molar-refractivity contribution in [3.63, 3.8) is 0 Å². The molecular formula is C13H19NO3. The van der Waals surface area contributed by atoms with Crippen LogP contribution in [0.3, 0.4) is 0 Å². The van der Waals surface area contributed by atoms with Gasteiger partial charge in [-0.15, -0.1) is 0 Å². The lowest BCUT2D eigenvalue weighted by Gasteiger charge is -2.16. The van der Waals surface area contributed by atoms with E-state index in [9.17, 15) is 4.79 Å². The SMILES string of the molecule is COC(=O)c1ccc(COC(C)C(C)C)nc1.